The second kappa shape index (κ2) is 8.02. The molecule has 5 heteroatoms. The molecule has 2 unspecified atom stereocenters. The molecule has 0 spiro atoms. The molecule has 2 atom stereocenters. The standard InChI is InChI=1S/C18H26N2O2.ClH/c1-12(2)13-3-7-17(8-4-13)22-11-18(21)20-16-9-14-5-6-15(10-16)19-14;/h3-4,7-8,12,14-16,19H,5-6,9-11H2,1-2H3,(H,20,21);1H. The number of carbonyl (C=O) groups is 1. The Morgan fingerprint density at radius 1 is 1.22 bits per heavy atom. The molecule has 0 saturated carbocycles. The fourth-order valence-electron chi connectivity index (χ4n) is 3.54. The van der Waals surface area contributed by atoms with Crippen LogP contribution in [0.3, 0.4) is 0 Å². The van der Waals surface area contributed by atoms with Gasteiger partial charge in [0.1, 0.15) is 5.75 Å². The second-order valence-electron chi connectivity index (χ2n) is 6.89. The van der Waals surface area contributed by atoms with Crippen LogP contribution in [0.25, 0.3) is 0 Å². The highest BCUT2D eigenvalue weighted by molar-refractivity contribution is 5.85. The van der Waals surface area contributed by atoms with E-state index in [9.17, 15) is 4.79 Å². The van der Waals surface area contributed by atoms with Gasteiger partial charge < -0.3 is 15.4 Å². The van der Waals surface area contributed by atoms with E-state index in [4.69, 9.17) is 4.74 Å². The summed E-state index contributed by atoms with van der Waals surface area (Å²) in [5.41, 5.74) is 1.28. The largest absolute Gasteiger partial charge is 0.484 e. The number of hydrogen-bond donors (Lipinski definition) is 2. The highest BCUT2D eigenvalue weighted by atomic mass is 35.5. The Hall–Kier alpha value is -1.26. The summed E-state index contributed by atoms with van der Waals surface area (Å²) in [4.78, 5) is 12.0. The summed E-state index contributed by atoms with van der Waals surface area (Å²) in [6.45, 7) is 4.42. The summed E-state index contributed by atoms with van der Waals surface area (Å²) in [5, 5.41) is 6.70. The van der Waals surface area contributed by atoms with Crippen molar-refractivity contribution in [2.24, 2.45) is 0 Å². The van der Waals surface area contributed by atoms with Crippen molar-refractivity contribution in [1.82, 2.24) is 10.6 Å². The Labute approximate surface area is 144 Å². The van der Waals surface area contributed by atoms with E-state index in [-0.39, 0.29) is 24.9 Å². The summed E-state index contributed by atoms with van der Waals surface area (Å²) in [6.07, 6.45) is 4.59. The summed E-state index contributed by atoms with van der Waals surface area (Å²) in [5.74, 6) is 1.25. The van der Waals surface area contributed by atoms with Crippen molar-refractivity contribution < 1.29 is 9.53 Å². The average Bonchev–Trinajstić information content (AvgIpc) is 2.84. The maximum atomic E-state index is 12.0. The molecule has 0 aromatic heterocycles. The van der Waals surface area contributed by atoms with Gasteiger partial charge >= 0.3 is 0 Å². The van der Waals surface area contributed by atoms with Gasteiger partial charge in [0.15, 0.2) is 6.61 Å². The third-order valence-corrected chi connectivity index (χ3v) is 4.75. The van der Waals surface area contributed by atoms with Crippen LogP contribution < -0.4 is 15.4 Å². The molecule has 2 N–H and O–H groups in total. The molecule has 23 heavy (non-hydrogen) atoms. The van der Waals surface area contributed by atoms with Gasteiger partial charge in [-0.05, 0) is 49.3 Å². The molecule has 2 aliphatic heterocycles. The molecule has 2 heterocycles. The number of amides is 1. The van der Waals surface area contributed by atoms with Gasteiger partial charge in [-0.15, -0.1) is 12.4 Å². The zero-order valence-electron chi connectivity index (χ0n) is 13.9. The zero-order chi connectivity index (χ0) is 15.5. The molecule has 0 aliphatic carbocycles. The Kier molecular flexibility index (Phi) is 6.31. The van der Waals surface area contributed by atoms with Crippen LogP contribution in [0.4, 0.5) is 0 Å². The van der Waals surface area contributed by atoms with E-state index >= 15 is 0 Å². The molecule has 128 valence electrons. The topological polar surface area (TPSA) is 50.4 Å². The van der Waals surface area contributed by atoms with Crippen LogP contribution in [-0.2, 0) is 4.79 Å². The van der Waals surface area contributed by atoms with Crippen molar-refractivity contribution in [2.75, 3.05) is 6.61 Å². The smallest absolute Gasteiger partial charge is 0.258 e. The SMILES string of the molecule is CC(C)c1ccc(OCC(=O)NC2CC3CCC(C2)N3)cc1.Cl. The van der Waals surface area contributed by atoms with Gasteiger partial charge in [0.2, 0.25) is 0 Å². The molecular weight excluding hydrogens is 312 g/mol. The third-order valence-electron chi connectivity index (χ3n) is 4.75. The summed E-state index contributed by atoms with van der Waals surface area (Å²) in [6, 6.07) is 9.48. The first-order valence-corrected chi connectivity index (χ1v) is 8.38. The number of nitrogens with one attached hydrogen (secondary N) is 2. The summed E-state index contributed by atoms with van der Waals surface area (Å²) in [7, 11) is 0. The van der Waals surface area contributed by atoms with Gasteiger partial charge in [-0.3, -0.25) is 4.79 Å². The molecule has 2 saturated heterocycles. The summed E-state index contributed by atoms with van der Waals surface area (Å²) < 4.78 is 5.59. The van der Waals surface area contributed by atoms with Crippen molar-refractivity contribution in [1.29, 1.82) is 0 Å². The molecular formula is C18H27ClN2O2. The molecule has 2 bridgehead atoms. The lowest BCUT2D eigenvalue weighted by atomic mass is 10.00. The highest BCUT2D eigenvalue weighted by Gasteiger charge is 2.33. The van der Waals surface area contributed by atoms with E-state index in [0.29, 0.717) is 24.0 Å². The first kappa shape index (κ1) is 18.1. The first-order valence-electron chi connectivity index (χ1n) is 8.38. The van der Waals surface area contributed by atoms with Crippen LogP contribution in [0, 0.1) is 0 Å². The molecule has 4 nitrogen and oxygen atoms in total. The predicted molar refractivity (Wildman–Crippen MR) is 94.4 cm³/mol. The highest BCUT2D eigenvalue weighted by Crippen LogP contribution is 2.26. The van der Waals surface area contributed by atoms with Crippen LogP contribution in [0.1, 0.15) is 51.0 Å². The Morgan fingerprint density at radius 2 is 1.83 bits per heavy atom. The maximum Gasteiger partial charge on any atom is 0.258 e. The van der Waals surface area contributed by atoms with Gasteiger partial charge in [0.05, 0.1) is 0 Å². The van der Waals surface area contributed by atoms with Gasteiger partial charge in [-0.2, -0.15) is 0 Å². The van der Waals surface area contributed by atoms with Crippen molar-refractivity contribution in [3.05, 3.63) is 29.8 Å². The molecule has 1 amide bonds. The van der Waals surface area contributed by atoms with Crippen molar-refractivity contribution in [3.63, 3.8) is 0 Å². The quantitative estimate of drug-likeness (QED) is 0.867. The number of hydrogen-bond acceptors (Lipinski definition) is 3. The van der Waals surface area contributed by atoms with E-state index in [1.54, 1.807) is 0 Å². The molecule has 2 fully saturated rings. The third kappa shape index (κ3) is 4.85. The average molecular weight is 339 g/mol. The van der Waals surface area contributed by atoms with E-state index in [2.05, 4.69) is 36.6 Å². The van der Waals surface area contributed by atoms with Crippen molar-refractivity contribution in [2.45, 2.75) is 63.6 Å². The van der Waals surface area contributed by atoms with Crippen LogP contribution in [0.15, 0.2) is 24.3 Å². The Bertz CT molecular complexity index is 506. The van der Waals surface area contributed by atoms with E-state index in [1.807, 2.05) is 12.1 Å². The lowest BCUT2D eigenvalue weighted by molar-refractivity contribution is -0.124. The van der Waals surface area contributed by atoms with Gasteiger partial charge in [-0.1, -0.05) is 26.0 Å². The number of rotatable bonds is 5. The number of piperidine rings is 1. The monoisotopic (exact) mass is 338 g/mol. The fraction of sp³-hybridized carbons (Fsp3) is 0.611. The van der Waals surface area contributed by atoms with Crippen LogP contribution in [0.5, 0.6) is 5.75 Å². The molecule has 3 rings (SSSR count). The molecule has 1 aromatic carbocycles. The minimum absolute atomic E-state index is 0. The first-order chi connectivity index (χ1) is 10.6. The van der Waals surface area contributed by atoms with Gasteiger partial charge in [-0.25, -0.2) is 0 Å². The van der Waals surface area contributed by atoms with Gasteiger partial charge in [0, 0.05) is 18.1 Å². The summed E-state index contributed by atoms with van der Waals surface area (Å²) >= 11 is 0. The second-order valence-corrected chi connectivity index (χ2v) is 6.89. The minimum atomic E-state index is -0.0146. The van der Waals surface area contributed by atoms with Crippen molar-refractivity contribution in [3.8, 4) is 5.75 Å². The maximum absolute atomic E-state index is 12.0. The zero-order valence-corrected chi connectivity index (χ0v) is 14.7. The number of benzene rings is 1. The Morgan fingerprint density at radius 3 is 2.39 bits per heavy atom. The Balaban J connectivity index is 0.00000192. The van der Waals surface area contributed by atoms with Crippen LogP contribution in [-0.4, -0.2) is 30.6 Å². The molecule has 0 radical (unpaired) electrons. The molecule has 2 aliphatic rings. The lowest BCUT2D eigenvalue weighted by Crippen LogP contribution is -2.48. The van der Waals surface area contributed by atoms with Gasteiger partial charge in [0.25, 0.3) is 5.91 Å². The van der Waals surface area contributed by atoms with E-state index < -0.39 is 0 Å². The number of carbonyl (C=O) groups excluding carboxylic acids is 1. The van der Waals surface area contributed by atoms with Crippen LogP contribution in [0.2, 0.25) is 0 Å². The predicted octanol–water partition coefficient (Wildman–Crippen LogP) is 3.01. The lowest BCUT2D eigenvalue weighted by Gasteiger charge is -2.29. The minimum Gasteiger partial charge on any atom is -0.484 e. The number of halogens is 1. The number of fused-ring (bicyclic) bond motifs is 2. The fourth-order valence-corrected chi connectivity index (χ4v) is 3.54. The van der Waals surface area contributed by atoms with E-state index in [0.717, 1.165) is 18.6 Å². The van der Waals surface area contributed by atoms with Crippen molar-refractivity contribution >= 4 is 18.3 Å². The van der Waals surface area contributed by atoms with E-state index in [1.165, 1.54) is 18.4 Å². The number of ether oxygens (including phenoxy) is 1. The normalized spacial score (nSPS) is 25.8. The van der Waals surface area contributed by atoms with Crippen LogP contribution >= 0.6 is 12.4 Å². The molecule has 1 aromatic rings.